The second kappa shape index (κ2) is 9.06. The SMILES string of the molecule is COc1ccc(Cc2nn3c(=O)/c(=C/c4ccc(-c5ccc(Cl)c(Cl)c5)o4)sc3nc2=O)cc1. The highest BCUT2D eigenvalue weighted by Gasteiger charge is 2.13. The minimum Gasteiger partial charge on any atom is -0.497 e. The van der Waals surface area contributed by atoms with Crippen LogP contribution in [0.2, 0.25) is 10.0 Å². The predicted octanol–water partition coefficient (Wildman–Crippen LogP) is 4.23. The second-order valence-corrected chi connectivity index (χ2v) is 9.15. The maximum absolute atomic E-state index is 12.9. The van der Waals surface area contributed by atoms with Gasteiger partial charge in [0.2, 0.25) is 4.96 Å². The third-order valence-corrected chi connectivity index (χ3v) is 6.78. The Bertz CT molecular complexity index is 1690. The molecule has 0 atom stereocenters. The number of hydrogen-bond acceptors (Lipinski definition) is 7. The van der Waals surface area contributed by atoms with E-state index in [-0.39, 0.29) is 22.6 Å². The molecule has 0 saturated heterocycles. The summed E-state index contributed by atoms with van der Waals surface area (Å²) >= 11 is 13.1. The number of nitrogens with zero attached hydrogens (tertiary/aromatic N) is 3. The number of furan rings is 1. The van der Waals surface area contributed by atoms with Crippen LogP contribution in [-0.2, 0) is 6.42 Å². The van der Waals surface area contributed by atoms with E-state index in [4.69, 9.17) is 32.4 Å². The number of fused-ring (bicyclic) bond motifs is 1. The molecule has 3 aromatic heterocycles. The Balaban J connectivity index is 1.49. The highest BCUT2D eigenvalue weighted by atomic mass is 35.5. The van der Waals surface area contributed by atoms with Gasteiger partial charge < -0.3 is 9.15 Å². The molecule has 0 aliphatic carbocycles. The van der Waals surface area contributed by atoms with Gasteiger partial charge in [-0.25, -0.2) is 0 Å². The lowest BCUT2D eigenvalue weighted by molar-refractivity contribution is 0.414. The van der Waals surface area contributed by atoms with Gasteiger partial charge in [0.1, 0.15) is 27.5 Å². The summed E-state index contributed by atoms with van der Waals surface area (Å²) in [7, 11) is 1.58. The van der Waals surface area contributed by atoms with Crippen LogP contribution in [0.15, 0.2) is 68.6 Å². The lowest BCUT2D eigenvalue weighted by Crippen LogP contribution is -2.28. The summed E-state index contributed by atoms with van der Waals surface area (Å²) in [6, 6.07) is 16.0. The number of aromatic nitrogens is 3. The third kappa shape index (κ3) is 4.35. The molecule has 0 bridgehead atoms. The van der Waals surface area contributed by atoms with Gasteiger partial charge >= 0.3 is 0 Å². The van der Waals surface area contributed by atoms with Crippen LogP contribution < -0.4 is 20.4 Å². The molecule has 5 aromatic rings. The maximum atomic E-state index is 12.9. The Morgan fingerprint density at radius 3 is 2.59 bits per heavy atom. The first kappa shape index (κ1) is 22.3. The predicted molar refractivity (Wildman–Crippen MR) is 132 cm³/mol. The van der Waals surface area contributed by atoms with Gasteiger partial charge in [-0.05, 0) is 48.0 Å². The van der Waals surface area contributed by atoms with Crippen LogP contribution in [0.5, 0.6) is 5.75 Å². The lowest BCUT2D eigenvalue weighted by atomic mass is 10.1. The summed E-state index contributed by atoms with van der Waals surface area (Å²) in [5.41, 5.74) is 0.945. The van der Waals surface area contributed by atoms with E-state index in [2.05, 4.69) is 10.1 Å². The molecule has 0 unspecified atom stereocenters. The molecule has 34 heavy (non-hydrogen) atoms. The van der Waals surface area contributed by atoms with Crippen LogP contribution in [0.3, 0.4) is 0 Å². The number of hydrogen-bond donors (Lipinski definition) is 0. The van der Waals surface area contributed by atoms with Crippen LogP contribution in [0.1, 0.15) is 17.0 Å². The summed E-state index contributed by atoms with van der Waals surface area (Å²) in [6.45, 7) is 0. The van der Waals surface area contributed by atoms with E-state index in [1.165, 1.54) is 0 Å². The van der Waals surface area contributed by atoms with Gasteiger partial charge in [-0.3, -0.25) is 9.59 Å². The van der Waals surface area contributed by atoms with Gasteiger partial charge in [-0.15, -0.1) is 0 Å². The minimum atomic E-state index is -0.469. The zero-order chi connectivity index (χ0) is 23.8. The molecule has 3 heterocycles. The Morgan fingerprint density at radius 2 is 1.85 bits per heavy atom. The molecule has 2 aromatic carbocycles. The van der Waals surface area contributed by atoms with Crippen molar-refractivity contribution in [3.8, 4) is 17.1 Å². The first-order valence-electron chi connectivity index (χ1n) is 10.0. The van der Waals surface area contributed by atoms with Crippen LogP contribution in [0.25, 0.3) is 22.4 Å². The molecule has 10 heteroatoms. The molecule has 0 aliphatic rings. The van der Waals surface area contributed by atoms with Crippen LogP contribution in [-0.4, -0.2) is 21.7 Å². The van der Waals surface area contributed by atoms with Crippen LogP contribution in [0, 0.1) is 0 Å². The highest BCUT2D eigenvalue weighted by Crippen LogP contribution is 2.29. The van der Waals surface area contributed by atoms with Gasteiger partial charge in [-0.2, -0.15) is 14.6 Å². The lowest BCUT2D eigenvalue weighted by Gasteiger charge is -2.02. The fraction of sp³-hybridized carbons (Fsp3) is 0.0833. The van der Waals surface area contributed by atoms with Crippen LogP contribution in [0.4, 0.5) is 0 Å². The molecule has 0 N–H and O–H groups in total. The van der Waals surface area contributed by atoms with Crippen molar-refractivity contribution < 1.29 is 9.15 Å². The average Bonchev–Trinajstić information content (AvgIpc) is 3.41. The maximum Gasteiger partial charge on any atom is 0.296 e. The standard InChI is InChI=1S/C24H15Cl2N3O4S/c1-32-15-5-2-13(3-6-15)10-19-22(30)27-24-29(28-19)23(31)21(34-24)12-16-7-9-20(33-16)14-4-8-17(25)18(26)11-14/h2-9,11-12H,10H2,1H3/b21-12-. The summed E-state index contributed by atoms with van der Waals surface area (Å²) in [5, 5.41) is 5.14. The van der Waals surface area contributed by atoms with Crippen molar-refractivity contribution in [2.75, 3.05) is 7.11 Å². The van der Waals surface area contributed by atoms with Crippen molar-refractivity contribution in [3.63, 3.8) is 0 Å². The highest BCUT2D eigenvalue weighted by molar-refractivity contribution is 7.15. The molecular formula is C24H15Cl2N3O4S. The number of benzene rings is 2. The first-order valence-corrected chi connectivity index (χ1v) is 11.6. The number of methoxy groups -OCH3 is 1. The quantitative estimate of drug-likeness (QED) is 0.351. The van der Waals surface area contributed by atoms with Crippen molar-refractivity contribution in [2.45, 2.75) is 6.42 Å². The third-order valence-electron chi connectivity index (χ3n) is 5.09. The molecule has 0 amide bonds. The van der Waals surface area contributed by atoms with E-state index >= 15 is 0 Å². The smallest absolute Gasteiger partial charge is 0.296 e. The zero-order valence-electron chi connectivity index (χ0n) is 17.6. The monoisotopic (exact) mass is 511 g/mol. The van der Waals surface area contributed by atoms with E-state index in [1.54, 1.807) is 55.7 Å². The Hall–Kier alpha value is -3.46. The average molecular weight is 512 g/mol. The summed E-state index contributed by atoms with van der Waals surface area (Å²) in [5.74, 6) is 1.75. The van der Waals surface area contributed by atoms with Crippen molar-refractivity contribution >= 4 is 45.6 Å². The van der Waals surface area contributed by atoms with Crippen molar-refractivity contribution in [1.29, 1.82) is 0 Å². The van der Waals surface area contributed by atoms with E-state index in [0.717, 1.165) is 27.0 Å². The summed E-state index contributed by atoms with van der Waals surface area (Å²) in [4.78, 5) is 29.7. The van der Waals surface area contributed by atoms with Crippen LogP contribution >= 0.6 is 34.5 Å². The molecule has 0 radical (unpaired) electrons. The fourth-order valence-electron chi connectivity index (χ4n) is 3.35. The number of rotatable bonds is 5. The zero-order valence-corrected chi connectivity index (χ0v) is 19.9. The molecule has 0 aliphatic heterocycles. The minimum absolute atomic E-state index is 0.184. The van der Waals surface area contributed by atoms with Gasteiger partial charge in [0, 0.05) is 18.1 Å². The van der Waals surface area contributed by atoms with Gasteiger partial charge in [0.05, 0.1) is 17.2 Å². The molecule has 0 spiro atoms. The molecule has 0 saturated carbocycles. The van der Waals surface area contributed by atoms with Gasteiger partial charge in [0.25, 0.3) is 11.1 Å². The van der Waals surface area contributed by atoms with Crippen molar-refractivity contribution in [2.24, 2.45) is 0 Å². The normalized spacial score (nSPS) is 11.9. The van der Waals surface area contributed by atoms with E-state index < -0.39 is 5.56 Å². The molecule has 7 nitrogen and oxygen atoms in total. The second-order valence-electron chi connectivity index (χ2n) is 7.33. The summed E-state index contributed by atoms with van der Waals surface area (Å²) < 4.78 is 12.5. The van der Waals surface area contributed by atoms with Gasteiger partial charge in [-0.1, -0.05) is 46.7 Å². The molecule has 0 fully saturated rings. The molecule has 5 rings (SSSR count). The largest absolute Gasteiger partial charge is 0.497 e. The van der Waals surface area contributed by atoms with Crippen molar-refractivity contribution in [1.82, 2.24) is 14.6 Å². The number of thiazole rings is 1. The van der Waals surface area contributed by atoms with E-state index in [9.17, 15) is 9.59 Å². The first-order chi connectivity index (χ1) is 16.4. The fourth-order valence-corrected chi connectivity index (χ4v) is 4.54. The van der Waals surface area contributed by atoms with Gasteiger partial charge in [0.15, 0.2) is 0 Å². The molecular weight excluding hydrogens is 497 g/mol. The van der Waals surface area contributed by atoms with Crippen molar-refractivity contribution in [3.05, 3.63) is 107 Å². The Morgan fingerprint density at radius 1 is 1.06 bits per heavy atom. The number of ether oxygens (including phenoxy) is 1. The van der Waals surface area contributed by atoms with E-state index in [0.29, 0.717) is 31.8 Å². The van der Waals surface area contributed by atoms with E-state index in [1.807, 2.05) is 12.1 Å². The summed E-state index contributed by atoms with van der Waals surface area (Å²) in [6.07, 6.45) is 1.84. The number of halogens is 2. The molecule has 170 valence electrons. The Kier molecular flexibility index (Phi) is 5.95. The Labute approximate surface area is 206 Å². The topological polar surface area (TPSA) is 86.7 Å².